The van der Waals surface area contributed by atoms with Gasteiger partial charge in [-0.25, -0.2) is 0 Å². The van der Waals surface area contributed by atoms with E-state index in [1.54, 1.807) is 0 Å². The summed E-state index contributed by atoms with van der Waals surface area (Å²) in [6, 6.07) is 4.10. The fourth-order valence-electron chi connectivity index (χ4n) is 1.10. The van der Waals surface area contributed by atoms with Gasteiger partial charge in [0.15, 0.2) is 0 Å². The third-order valence-electron chi connectivity index (χ3n) is 1.91. The standard InChI is InChI=1S/C10H16N2S.ClH/c1-9-10(4-3-5-12-9)8-11-6-7-13-2;/h3-5,11H,6-8H2,1-2H3;1H. The quantitative estimate of drug-likeness (QED) is 0.789. The van der Waals surface area contributed by atoms with Crippen LogP contribution in [0.5, 0.6) is 0 Å². The maximum Gasteiger partial charge on any atom is 0.0417 e. The van der Waals surface area contributed by atoms with Crippen molar-refractivity contribution in [2.24, 2.45) is 0 Å². The second kappa shape index (κ2) is 8.09. The monoisotopic (exact) mass is 232 g/mol. The lowest BCUT2D eigenvalue weighted by atomic mass is 10.2. The molecule has 14 heavy (non-hydrogen) atoms. The Morgan fingerprint density at radius 1 is 1.50 bits per heavy atom. The summed E-state index contributed by atoms with van der Waals surface area (Å²) in [6.07, 6.45) is 3.96. The van der Waals surface area contributed by atoms with Crippen molar-refractivity contribution in [2.45, 2.75) is 13.5 Å². The Balaban J connectivity index is 0.00000169. The van der Waals surface area contributed by atoms with Crippen LogP contribution in [0.3, 0.4) is 0 Å². The van der Waals surface area contributed by atoms with Gasteiger partial charge in [-0.1, -0.05) is 6.07 Å². The van der Waals surface area contributed by atoms with E-state index >= 15 is 0 Å². The first-order valence-corrected chi connectivity index (χ1v) is 5.84. The van der Waals surface area contributed by atoms with Crippen molar-refractivity contribution in [1.82, 2.24) is 10.3 Å². The summed E-state index contributed by atoms with van der Waals surface area (Å²) in [6.45, 7) is 4.04. The molecular formula is C10H17ClN2S. The van der Waals surface area contributed by atoms with Gasteiger partial charge in [0.2, 0.25) is 0 Å². The summed E-state index contributed by atoms with van der Waals surface area (Å²) in [5.41, 5.74) is 2.42. The third kappa shape index (κ3) is 4.84. The van der Waals surface area contributed by atoms with Crippen LogP contribution in [0.1, 0.15) is 11.3 Å². The molecule has 0 fully saturated rings. The fraction of sp³-hybridized carbons (Fsp3) is 0.500. The molecule has 0 amide bonds. The van der Waals surface area contributed by atoms with Crippen molar-refractivity contribution in [1.29, 1.82) is 0 Å². The van der Waals surface area contributed by atoms with Gasteiger partial charge in [-0.05, 0) is 24.8 Å². The first-order valence-electron chi connectivity index (χ1n) is 4.44. The third-order valence-corrected chi connectivity index (χ3v) is 2.53. The van der Waals surface area contributed by atoms with Crippen LogP contribution in [0.2, 0.25) is 0 Å². The number of aryl methyl sites for hydroxylation is 1. The molecule has 0 atom stereocenters. The molecule has 1 N–H and O–H groups in total. The molecule has 0 aromatic carbocycles. The average Bonchev–Trinajstić information content (AvgIpc) is 2.15. The molecule has 0 radical (unpaired) electrons. The van der Waals surface area contributed by atoms with E-state index in [2.05, 4.69) is 22.6 Å². The minimum atomic E-state index is 0. The SMILES string of the molecule is CSCCNCc1cccnc1C.Cl. The summed E-state index contributed by atoms with van der Waals surface area (Å²) in [7, 11) is 0. The number of rotatable bonds is 5. The van der Waals surface area contributed by atoms with E-state index < -0.39 is 0 Å². The molecule has 2 nitrogen and oxygen atoms in total. The molecule has 1 aromatic rings. The van der Waals surface area contributed by atoms with Gasteiger partial charge in [0.1, 0.15) is 0 Å². The van der Waals surface area contributed by atoms with E-state index in [0.717, 1.165) is 18.8 Å². The number of hydrogen-bond acceptors (Lipinski definition) is 3. The number of nitrogens with one attached hydrogen (secondary N) is 1. The van der Waals surface area contributed by atoms with Crippen LogP contribution >= 0.6 is 24.2 Å². The Labute approximate surface area is 96.3 Å². The van der Waals surface area contributed by atoms with Gasteiger partial charge in [-0.15, -0.1) is 12.4 Å². The van der Waals surface area contributed by atoms with Gasteiger partial charge in [-0.3, -0.25) is 4.98 Å². The molecule has 0 aliphatic carbocycles. The van der Waals surface area contributed by atoms with E-state index in [9.17, 15) is 0 Å². The minimum Gasteiger partial charge on any atom is -0.312 e. The molecule has 1 heterocycles. The molecule has 1 aromatic heterocycles. The summed E-state index contributed by atoms with van der Waals surface area (Å²) in [5.74, 6) is 1.17. The van der Waals surface area contributed by atoms with E-state index in [1.807, 2.05) is 30.9 Å². The van der Waals surface area contributed by atoms with Crippen molar-refractivity contribution < 1.29 is 0 Å². The largest absolute Gasteiger partial charge is 0.312 e. The Morgan fingerprint density at radius 3 is 2.93 bits per heavy atom. The lowest BCUT2D eigenvalue weighted by Gasteiger charge is -2.05. The van der Waals surface area contributed by atoms with Crippen LogP contribution in [-0.2, 0) is 6.54 Å². The Morgan fingerprint density at radius 2 is 2.29 bits per heavy atom. The smallest absolute Gasteiger partial charge is 0.0417 e. The maximum atomic E-state index is 4.23. The van der Waals surface area contributed by atoms with E-state index in [-0.39, 0.29) is 12.4 Å². The van der Waals surface area contributed by atoms with Crippen LogP contribution in [0, 0.1) is 6.92 Å². The molecule has 0 aliphatic rings. The molecule has 0 spiro atoms. The molecule has 0 aliphatic heterocycles. The van der Waals surface area contributed by atoms with E-state index in [4.69, 9.17) is 0 Å². The van der Waals surface area contributed by atoms with Gasteiger partial charge < -0.3 is 5.32 Å². The van der Waals surface area contributed by atoms with Crippen molar-refractivity contribution in [3.63, 3.8) is 0 Å². The van der Waals surface area contributed by atoms with E-state index in [0.29, 0.717) is 0 Å². The number of thioether (sulfide) groups is 1. The maximum absolute atomic E-state index is 4.23. The zero-order valence-corrected chi connectivity index (χ0v) is 10.3. The number of pyridine rings is 1. The first kappa shape index (κ1) is 13.8. The van der Waals surface area contributed by atoms with Gasteiger partial charge in [0.05, 0.1) is 0 Å². The zero-order chi connectivity index (χ0) is 9.52. The van der Waals surface area contributed by atoms with Crippen LogP contribution < -0.4 is 5.32 Å². The topological polar surface area (TPSA) is 24.9 Å². The van der Waals surface area contributed by atoms with Crippen molar-refractivity contribution in [3.8, 4) is 0 Å². The highest BCUT2D eigenvalue weighted by atomic mass is 35.5. The molecule has 0 unspecified atom stereocenters. The Bertz CT molecular complexity index is 256. The van der Waals surface area contributed by atoms with Gasteiger partial charge >= 0.3 is 0 Å². The molecule has 0 saturated carbocycles. The highest BCUT2D eigenvalue weighted by Crippen LogP contribution is 2.02. The van der Waals surface area contributed by atoms with Crippen molar-refractivity contribution in [2.75, 3.05) is 18.6 Å². The predicted octanol–water partition coefficient (Wildman–Crippen LogP) is 2.26. The molecule has 4 heteroatoms. The highest BCUT2D eigenvalue weighted by Gasteiger charge is 1.96. The van der Waals surface area contributed by atoms with Gasteiger partial charge in [0.25, 0.3) is 0 Å². The van der Waals surface area contributed by atoms with Crippen molar-refractivity contribution in [3.05, 3.63) is 29.6 Å². The molecular weight excluding hydrogens is 216 g/mol. The normalized spacial score (nSPS) is 9.57. The average molecular weight is 233 g/mol. The van der Waals surface area contributed by atoms with Gasteiger partial charge in [0, 0.05) is 30.7 Å². The molecule has 80 valence electrons. The molecule has 0 bridgehead atoms. The summed E-state index contributed by atoms with van der Waals surface area (Å²) >= 11 is 1.86. The highest BCUT2D eigenvalue weighted by molar-refractivity contribution is 7.98. The number of halogens is 1. The van der Waals surface area contributed by atoms with Crippen LogP contribution in [-0.4, -0.2) is 23.5 Å². The van der Waals surface area contributed by atoms with Crippen LogP contribution in [0.15, 0.2) is 18.3 Å². The second-order valence-corrected chi connectivity index (χ2v) is 3.90. The van der Waals surface area contributed by atoms with E-state index in [1.165, 1.54) is 11.3 Å². The number of hydrogen-bond donors (Lipinski definition) is 1. The lowest BCUT2D eigenvalue weighted by Crippen LogP contribution is -2.17. The Hall–Kier alpha value is -0.250. The summed E-state index contributed by atoms with van der Waals surface area (Å²) in [4.78, 5) is 4.23. The molecule has 0 saturated heterocycles. The fourth-order valence-corrected chi connectivity index (χ4v) is 1.45. The minimum absolute atomic E-state index is 0. The zero-order valence-electron chi connectivity index (χ0n) is 8.62. The lowest BCUT2D eigenvalue weighted by molar-refractivity contribution is 0.725. The van der Waals surface area contributed by atoms with Crippen LogP contribution in [0.25, 0.3) is 0 Å². The predicted molar refractivity (Wildman–Crippen MR) is 66.3 cm³/mol. The second-order valence-electron chi connectivity index (χ2n) is 2.92. The first-order chi connectivity index (χ1) is 6.34. The van der Waals surface area contributed by atoms with Crippen molar-refractivity contribution >= 4 is 24.2 Å². The summed E-state index contributed by atoms with van der Waals surface area (Å²) < 4.78 is 0. The van der Waals surface area contributed by atoms with Crippen LogP contribution in [0.4, 0.5) is 0 Å². The Kier molecular flexibility index (Phi) is 7.95. The number of aromatic nitrogens is 1. The number of nitrogens with zero attached hydrogens (tertiary/aromatic N) is 1. The molecule has 1 rings (SSSR count). The van der Waals surface area contributed by atoms with Gasteiger partial charge in [-0.2, -0.15) is 11.8 Å². The summed E-state index contributed by atoms with van der Waals surface area (Å²) in [5, 5.41) is 3.38.